The molecule has 19 heavy (non-hydrogen) atoms. The van der Waals surface area contributed by atoms with Crippen LogP contribution in [0.4, 0.5) is 0 Å². The van der Waals surface area contributed by atoms with E-state index in [0.29, 0.717) is 10.5 Å². The summed E-state index contributed by atoms with van der Waals surface area (Å²) in [5.74, 6) is -0.183. The van der Waals surface area contributed by atoms with E-state index in [0.717, 1.165) is 5.56 Å². The highest BCUT2D eigenvalue weighted by Crippen LogP contribution is 2.14. The van der Waals surface area contributed by atoms with Crippen LogP contribution in [0.3, 0.4) is 0 Å². The van der Waals surface area contributed by atoms with Gasteiger partial charge in [0.05, 0.1) is 11.8 Å². The van der Waals surface area contributed by atoms with Crippen molar-refractivity contribution in [3.8, 4) is 0 Å². The van der Waals surface area contributed by atoms with E-state index in [-0.39, 0.29) is 5.91 Å². The van der Waals surface area contributed by atoms with E-state index in [9.17, 15) is 4.79 Å². The summed E-state index contributed by atoms with van der Waals surface area (Å²) < 4.78 is 0. The van der Waals surface area contributed by atoms with Crippen LogP contribution in [-0.4, -0.2) is 24.2 Å². The topological polar surface area (TPSA) is 32.7 Å². The van der Waals surface area contributed by atoms with Gasteiger partial charge in [-0.15, -0.1) is 12.6 Å². The first-order valence-electron chi connectivity index (χ1n) is 5.83. The third-order valence-corrected chi connectivity index (χ3v) is 3.00. The summed E-state index contributed by atoms with van der Waals surface area (Å²) in [6.45, 7) is 0. The standard InChI is InChI=1S/C15H14N2OS/c1-17(16-11-12-7-3-2-4-8-12)15(18)13-9-5-6-10-14(13)19/h2-11,19H,1H3/b16-11+. The Morgan fingerprint density at radius 3 is 2.42 bits per heavy atom. The van der Waals surface area contributed by atoms with Crippen molar-refractivity contribution in [3.63, 3.8) is 0 Å². The molecule has 0 bridgehead atoms. The Labute approximate surface area is 118 Å². The van der Waals surface area contributed by atoms with Crippen LogP contribution in [0.2, 0.25) is 0 Å². The first kappa shape index (κ1) is 13.4. The van der Waals surface area contributed by atoms with Crippen molar-refractivity contribution in [3.05, 3.63) is 65.7 Å². The van der Waals surface area contributed by atoms with Crippen LogP contribution in [-0.2, 0) is 0 Å². The Kier molecular flexibility index (Phi) is 4.36. The molecule has 2 aromatic rings. The monoisotopic (exact) mass is 270 g/mol. The quantitative estimate of drug-likeness (QED) is 0.519. The lowest BCUT2D eigenvalue weighted by molar-refractivity contribution is 0.0797. The molecule has 0 aliphatic carbocycles. The lowest BCUT2D eigenvalue weighted by Gasteiger charge is -2.12. The molecular weight excluding hydrogens is 256 g/mol. The van der Waals surface area contributed by atoms with Crippen LogP contribution < -0.4 is 0 Å². The van der Waals surface area contributed by atoms with Gasteiger partial charge in [0.25, 0.3) is 5.91 Å². The molecule has 0 spiro atoms. The van der Waals surface area contributed by atoms with Gasteiger partial charge in [0, 0.05) is 11.9 Å². The summed E-state index contributed by atoms with van der Waals surface area (Å²) in [5.41, 5.74) is 1.49. The summed E-state index contributed by atoms with van der Waals surface area (Å²) in [7, 11) is 1.63. The number of carbonyl (C=O) groups is 1. The maximum Gasteiger partial charge on any atom is 0.274 e. The third kappa shape index (κ3) is 3.45. The van der Waals surface area contributed by atoms with Crippen LogP contribution in [0.15, 0.2) is 64.6 Å². The van der Waals surface area contributed by atoms with Gasteiger partial charge in [0.15, 0.2) is 0 Å². The fraction of sp³-hybridized carbons (Fsp3) is 0.0667. The van der Waals surface area contributed by atoms with Crippen LogP contribution in [0, 0.1) is 0 Å². The van der Waals surface area contributed by atoms with E-state index in [1.54, 1.807) is 25.4 Å². The molecule has 0 heterocycles. The minimum absolute atomic E-state index is 0.183. The first-order valence-corrected chi connectivity index (χ1v) is 6.28. The zero-order chi connectivity index (χ0) is 13.7. The molecule has 4 heteroatoms. The fourth-order valence-corrected chi connectivity index (χ4v) is 1.83. The predicted molar refractivity (Wildman–Crippen MR) is 79.8 cm³/mol. The molecule has 96 valence electrons. The van der Waals surface area contributed by atoms with Crippen molar-refractivity contribution in [2.24, 2.45) is 5.10 Å². The second kappa shape index (κ2) is 6.20. The molecule has 0 radical (unpaired) electrons. The van der Waals surface area contributed by atoms with E-state index in [1.807, 2.05) is 42.5 Å². The molecule has 2 rings (SSSR count). The fourth-order valence-electron chi connectivity index (χ4n) is 1.57. The Balaban J connectivity index is 2.13. The van der Waals surface area contributed by atoms with Gasteiger partial charge in [-0.25, -0.2) is 5.01 Å². The average Bonchev–Trinajstić information content (AvgIpc) is 2.45. The second-order valence-electron chi connectivity index (χ2n) is 4.00. The largest absolute Gasteiger partial charge is 0.274 e. The van der Waals surface area contributed by atoms with Gasteiger partial charge in [-0.05, 0) is 17.7 Å². The van der Waals surface area contributed by atoms with Gasteiger partial charge in [0.2, 0.25) is 0 Å². The van der Waals surface area contributed by atoms with Gasteiger partial charge < -0.3 is 0 Å². The molecule has 0 atom stereocenters. The van der Waals surface area contributed by atoms with Crippen LogP contribution >= 0.6 is 12.6 Å². The van der Waals surface area contributed by atoms with E-state index < -0.39 is 0 Å². The van der Waals surface area contributed by atoms with Crippen molar-refractivity contribution in [2.75, 3.05) is 7.05 Å². The maximum atomic E-state index is 12.2. The zero-order valence-electron chi connectivity index (χ0n) is 10.5. The van der Waals surface area contributed by atoms with E-state index >= 15 is 0 Å². The summed E-state index contributed by atoms with van der Waals surface area (Å²) in [5, 5.41) is 5.44. The second-order valence-corrected chi connectivity index (χ2v) is 4.48. The number of nitrogens with zero attached hydrogens (tertiary/aromatic N) is 2. The molecule has 0 aliphatic heterocycles. The summed E-state index contributed by atoms with van der Waals surface area (Å²) in [6.07, 6.45) is 1.65. The SMILES string of the molecule is CN(/N=C/c1ccccc1)C(=O)c1ccccc1S. The summed E-state index contributed by atoms with van der Waals surface area (Å²) in [4.78, 5) is 12.8. The number of amides is 1. The Morgan fingerprint density at radius 1 is 1.11 bits per heavy atom. The highest BCUT2D eigenvalue weighted by molar-refractivity contribution is 7.80. The highest BCUT2D eigenvalue weighted by atomic mass is 32.1. The number of hydrogen-bond acceptors (Lipinski definition) is 3. The third-order valence-electron chi connectivity index (χ3n) is 2.61. The van der Waals surface area contributed by atoms with Gasteiger partial charge in [0.1, 0.15) is 0 Å². The smallest absolute Gasteiger partial charge is 0.267 e. The summed E-state index contributed by atoms with van der Waals surface area (Å²) >= 11 is 4.27. The Bertz CT molecular complexity index is 596. The van der Waals surface area contributed by atoms with Crippen molar-refractivity contribution in [1.29, 1.82) is 0 Å². The number of hydrogen-bond donors (Lipinski definition) is 1. The lowest BCUT2D eigenvalue weighted by atomic mass is 10.2. The zero-order valence-corrected chi connectivity index (χ0v) is 11.4. The van der Waals surface area contributed by atoms with Crippen molar-refractivity contribution in [2.45, 2.75) is 4.90 Å². The molecule has 0 aromatic heterocycles. The molecule has 0 saturated heterocycles. The maximum absolute atomic E-state index is 12.2. The van der Waals surface area contributed by atoms with Gasteiger partial charge >= 0.3 is 0 Å². The lowest BCUT2D eigenvalue weighted by Crippen LogP contribution is -2.21. The molecule has 2 aromatic carbocycles. The van der Waals surface area contributed by atoms with E-state index in [1.165, 1.54) is 5.01 Å². The molecule has 0 saturated carbocycles. The van der Waals surface area contributed by atoms with Gasteiger partial charge in [-0.2, -0.15) is 5.10 Å². The predicted octanol–water partition coefficient (Wildman–Crippen LogP) is 3.08. The average molecular weight is 270 g/mol. The van der Waals surface area contributed by atoms with Crippen LogP contribution in [0.5, 0.6) is 0 Å². The Morgan fingerprint density at radius 2 is 1.74 bits per heavy atom. The molecular formula is C15H14N2OS. The number of carbonyl (C=O) groups excluding carboxylic acids is 1. The van der Waals surface area contributed by atoms with Crippen molar-refractivity contribution >= 4 is 24.8 Å². The van der Waals surface area contributed by atoms with Crippen molar-refractivity contribution in [1.82, 2.24) is 5.01 Å². The number of rotatable bonds is 3. The van der Waals surface area contributed by atoms with Crippen molar-refractivity contribution < 1.29 is 4.79 Å². The molecule has 0 unspecified atom stereocenters. The number of benzene rings is 2. The number of thiol groups is 1. The number of hydrazone groups is 1. The normalized spacial score (nSPS) is 10.6. The minimum Gasteiger partial charge on any atom is -0.267 e. The molecule has 3 nitrogen and oxygen atoms in total. The Hall–Kier alpha value is -2.07. The molecule has 1 amide bonds. The minimum atomic E-state index is -0.183. The molecule has 0 N–H and O–H groups in total. The summed E-state index contributed by atoms with van der Waals surface area (Å²) in [6, 6.07) is 16.8. The van der Waals surface area contributed by atoms with Crippen LogP contribution in [0.25, 0.3) is 0 Å². The molecule has 0 fully saturated rings. The van der Waals surface area contributed by atoms with Gasteiger partial charge in [-0.1, -0.05) is 42.5 Å². The van der Waals surface area contributed by atoms with Gasteiger partial charge in [-0.3, -0.25) is 4.79 Å². The highest BCUT2D eigenvalue weighted by Gasteiger charge is 2.12. The van der Waals surface area contributed by atoms with E-state index in [4.69, 9.17) is 0 Å². The molecule has 0 aliphatic rings. The van der Waals surface area contributed by atoms with Crippen LogP contribution in [0.1, 0.15) is 15.9 Å². The first-order chi connectivity index (χ1) is 9.18. The van der Waals surface area contributed by atoms with E-state index in [2.05, 4.69) is 17.7 Å².